The summed E-state index contributed by atoms with van der Waals surface area (Å²) in [6, 6.07) is 13.2. The van der Waals surface area contributed by atoms with Gasteiger partial charge in [0, 0.05) is 6.04 Å². The minimum Gasteiger partial charge on any atom is -0.504 e. The lowest BCUT2D eigenvalue weighted by Crippen LogP contribution is -2.32. The third-order valence-electron chi connectivity index (χ3n) is 3.48. The molecule has 0 heterocycles. The van der Waals surface area contributed by atoms with Gasteiger partial charge in [-0.1, -0.05) is 30.3 Å². The highest BCUT2D eigenvalue weighted by molar-refractivity contribution is 5.90. The Morgan fingerprint density at radius 1 is 1.09 bits per heavy atom. The van der Waals surface area contributed by atoms with Crippen molar-refractivity contribution in [3.63, 3.8) is 0 Å². The second-order valence-electron chi connectivity index (χ2n) is 5.02. The average molecular weight is 301 g/mol. The molecule has 2 aromatic rings. The fourth-order valence-corrected chi connectivity index (χ4v) is 2.09. The van der Waals surface area contributed by atoms with Gasteiger partial charge in [-0.25, -0.2) is 4.79 Å². The van der Waals surface area contributed by atoms with E-state index < -0.39 is 12.1 Å². The summed E-state index contributed by atoms with van der Waals surface area (Å²) in [7, 11) is 1.79. The number of hydrogen-bond donors (Lipinski definition) is 3. The number of carbonyl (C=O) groups excluding carboxylic acids is 1. The van der Waals surface area contributed by atoms with Gasteiger partial charge in [-0.15, -0.1) is 0 Å². The van der Waals surface area contributed by atoms with Gasteiger partial charge in [0.2, 0.25) is 0 Å². The molecule has 22 heavy (non-hydrogen) atoms. The van der Waals surface area contributed by atoms with Crippen LogP contribution in [-0.4, -0.2) is 29.3 Å². The molecule has 0 aromatic heterocycles. The number of rotatable bonds is 5. The van der Waals surface area contributed by atoms with Gasteiger partial charge >= 0.3 is 5.97 Å². The maximum absolute atomic E-state index is 12.3. The number of benzene rings is 2. The quantitative estimate of drug-likeness (QED) is 0.584. The number of carbonyl (C=O) groups is 1. The summed E-state index contributed by atoms with van der Waals surface area (Å²) in [6.07, 6.45) is -0.463. The highest BCUT2D eigenvalue weighted by Crippen LogP contribution is 2.27. The van der Waals surface area contributed by atoms with E-state index in [1.165, 1.54) is 18.2 Å². The summed E-state index contributed by atoms with van der Waals surface area (Å²) < 4.78 is 5.58. The predicted molar refractivity (Wildman–Crippen MR) is 82.9 cm³/mol. The molecular weight excluding hydrogens is 282 g/mol. The molecule has 0 fully saturated rings. The molecule has 116 valence electrons. The summed E-state index contributed by atoms with van der Waals surface area (Å²) in [4.78, 5) is 12.3. The van der Waals surface area contributed by atoms with Crippen molar-refractivity contribution in [3.05, 3.63) is 59.7 Å². The van der Waals surface area contributed by atoms with Crippen molar-refractivity contribution < 1.29 is 19.7 Å². The molecule has 2 aromatic carbocycles. The number of hydrogen-bond acceptors (Lipinski definition) is 5. The number of likely N-dealkylation sites (N-methyl/N-ethyl adjacent to an activating group) is 1. The van der Waals surface area contributed by atoms with Gasteiger partial charge in [0.15, 0.2) is 11.5 Å². The zero-order chi connectivity index (χ0) is 16.1. The van der Waals surface area contributed by atoms with E-state index in [1.54, 1.807) is 7.05 Å². The maximum Gasteiger partial charge on any atom is 0.338 e. The van der Waals surface area contributed by atoms with Crippen molar-refractivity contribution in [3.8, 4) is 11.5 Å². The van der Waals surface area contributed by atoms with Crippen LogP contribution in [-0.2, 0) is 4.74 Å². The van der Waals surface area contributed by atoms with Crippen LogP contribution in [0, 0.1) is 0 Å². The van der Waals surface area contributed by atoms with E-state index in [-0.39, 0.29) is 23.1 Å². The average Bonchev–Trinajstić information content (AvgIpc) is 2.55. The molecule has 0 saturated carbocycles. The Balaban J connectivity index is 2.23. The summed E-state index contributed by atoms with van der Waals surface area (Å²) in [5, 5.41) is 21.9. The summed E-state index contributed by atoms with van der Waals surface area (Å²) in [6.45, 7) is 1.92. The highest BCUT2D eigenvalue weighted by atomic mass is 16.5. The Morgan fingerprint density at radius 2 is 1.77 bits per heavy atom. The standard InChI is InChI=1S/C17H19NO4/c1-11(18-2)16(12-6-4-3-5-7-12)22-17(21)13-8-9-14(19)15(20)10-13/h3-11,16,18-20H,1-2H3. The molecule has 0 aliphatic heterocycles. The zero-order valence-electron chi connectivity index (χ0n) is 12.5. The van der Waals surface area contributed by atoms with E-state index in [0.29, 0.717) is 0 Å². The molecule has 0 spiro atoms. The molecule has 2 unspecified atom stereocenters. The molecule has 0 aliphatic carbocycles. The minimum absolute atomic E-state index is 0.0861. The van der Waals surface area contributed by atoms with Crippen LogP contribution in [0.2, 0.25) is 0 Å². The van der Waals surface area contributed by atoms with Gasteiger partial charge in [0.05, 0.1) is 5.56 Å². The second-order valence-corrected chi connectivity index (χ2v) is 5.02. The first-order chi connectivity index (χ1) is 10.5. The molecule has 0 aliphatic rings. The molecule has 0 saturated heterocycles. The molecule has 2 atom stereocenters. The first-order valence-corrected chi connectivity index (χ1v) is 6.98. The van der Waals surface area contributed by atoms with E-state index >= 15 is 0 Å². The first-order valence-electron chi connectivity index (χ1n) is 6.98. The largest absolute Gasteiger partial charge is 0.504 e. The monoisotopic (exact) mass is 301 g/mol. The van der Waals surface area contributed by atoms with Crippen LogP contribution < -0.4 is 5.32 Å². The van der Waals surface area contributed by atoms with Crippen molar-refractivity contribution in [2.45, 2.75) is 19.1 Å². The van der Waals surface area contributed by atoms with Gasteiger partial charge in [-0.05, 0) is 37.7 Å². The third-order valence-corrected chi connectivity index (χ3v) is 3.48. The SMILES string of the molecule is CNC(C)C(OC(=O)c1ccc(O)c(O)c1)c1ccccc1. The van der Waals surface area contributed by atoms with Crippen molar-refractivity contribution in [2.24, 2.45) is 0 Å². The molecule has 5 heteroatoms. The van der Waals surface area contributed by atoms with Crippen LogP contribution in [0.15, 0.2) is 48.5 Å². The van der Waals surface area contributed by atoms with Crippen LogP contribution in [0.3, 0.4) is 0 Å². The summed E-state index contributed by atoms with van der Waals surface area (Å²) in [5.41, 5.74) is 1.06. The molecule has 0 radical (unpaired) electrons. The summed E-state index contributed by atoms with van der Waals surface area (Å²) >= 11 is 0. The van der Waals surface area contributed by atoms with Crippen molar-refractivity contribution in [2.75, 3.05) is 7.05 Å². The van der Waals surface area contributed by atoms with Crippen LogP contribution in [0.1, 0.15) is 28.9 Å². The van der Waals surface area contributed by atoms with Crippen LogP contribution in [0.5, 0.6) is 11.5 Å². The van der Waals surface area contributed by atoms with Gasteiger partial charge in [-0.2, -0.15) is 0 Å². The molecular formula is C17H19NO4. The topological polar surface area (TPSA) is 78.8 Å². The Hall–Kier alpha value is -2.53. The summed E-state index contributed by atoms with van der Waals surface area (Å²) in [5.74, 6) is -1.20. The fourth-order valence-electron chi connectivity index (χ4n) is 2.09. The highest BCUT2D eigenvalue weighted by Gasteiger charge is 2.23. The fraction of sp³-hybridized carbons (Fsp3) is 0.235. The van der Waals surface area contributed by atoms with Crippen molar-refractivity contribution in [1.29, 1.82) is 0 Å². The van der Waals surface area contributed by atoms with Crippen LogP contribution >= 0.6 is 0 Å². The number of ether oxygens (including phenoxy) is 1. The van der Waals surface area contributed by atoms with E-state index in [4.69, 9.17) is 4.74 Å². The van der Waals surface area contributed by atoms with Gasteiger partial charge in [-0.3, -0.25) is 0 Å². The smallest absolute Gasteiger partial charge is 0.338 e. The Labute approximate surface area is 129 Å². The first kappa shape index (κ1) is 15.9. The Kier molecular flexibility index (Phi) is 5.01. The molecule has 2 rings (SSSR count). The number of phenolic OH excluding ortho intramolecular Hbond substituents is 2. The van der Waals surface area contributed by atoms with E-state index in [0.717, 1.165) is 5.56 Å². The lowest BCUT2D eigenvalue weighted by atomic mass is 10.0. The lowest BCUT2D eigenvalue weighted by Gasteiger charge is -2.24. The predicted octanol–water partition coefficient (Wildman–Crippen LogP) is 2.60. The Morgan fingerprint density at radius 3 is 2.36 bits per heavy atom. The number of esters is 1. The second kappa shape index (κ2) is 6.95. The van der Waals surface area contributed by atoms with Gasteiger partial charge in [0.1, 0.15) is 6.10 Å². The van der Waals surface area contributed by atoms with Gasteiger partial charge < -0.3 is 20.3 Å². The van der Waals surface area contributed by atoms with E-state index in [1.807, 2.05) is 37.3 Å². The normalized spacial score (nSPS) is 13.4. The number of aromatic hydroxyl groups is 2. The van der Waals surface area contributed by atoms with E-state index in [9.17, 15) is 15.0 Å². The molecule has 0 bridgehead atoms. The van der Waals surface area contributed by atoms with Crippen LogP contribution in [0.25, 0.3) is 0 Å². The Bertz CT molecular complexity index is 642. The molecule has 0 amide bonds. The molecule has 5 nitrogen and oxygen atoms in total. The van der Waals surface area contributed by atoms with Crippen molar-refractivity contribution >= 4 is 5.97 Å². The van der Waals surface area contributed by atoms with Crippen molar-refractivity contribution in [1.82, 2.24) is 5.32 Å². The van der Waals surface area contributed by atoms with Gasteiger partial charge in [0.25, 0.3) is 0 Å². The molecule has 3 N–H and O–H groups in total. The minimum atomic E-state index is -0.564. The maximum atomic E-state index is 12.3. The van der Waals surface area contributed by atoms with Crippen LogP contribution in [0.4, 0.5) is 0 Å². The number of nitrogens with one attached hydrogen (secondary N) is 1. The third kappa shape index (κ3) is 3.56. The lowest BCUT2D eigenvalue weighted by molar-refractivity contribution is 0.0219. The zero-order valence-corrected chi connectivity index (χ0v) is 12.5. The van der Waals surface area contributed by atoms with E-state index in [2.05, 4.69) is 5.32 Å². The number of phenols is 2.